The minimum atomic E-state index is -1.58. The zero-order chi connectivity index (χ0) is 60.4. The molecular weight excluding hydrogens is 1070 g/mol. The van der Waals surface area contributed by atoms with Crippen LogP contribution in [0.1, 0.15) is 110 Å². The number of carboxylic acid groups (broad SMARTS) is 14. The molecule has 0 amide bonds. The lowest BCUT2D eigenvalue weighted by Crippen LogP contribution is -2.14. The summed E-state index contributed by atoms with van der Waals surface area (Å²) >= 11 is 0. The summed E-state index contributed by atoms with van der Waals surface area (Å²) in [6.07, 6.45) is -0.791. The van der Waals surface area contributed by atoms with Gasteiger partial charge in [0.1, 0.15) is 11.5 Å². The van der Waals surface area contributed by atoms with Gasteiger partial charge in [-0.2, -0.15) is 0 Å². The van der Waals surface area contributed by atoms with Crippen LogP contribution < -0.4 is 9.47 Å². The number of hydrogen-bond acceptors (Lipinski definition) is 16. The van der Waals surface area contributed by atoms with Crippen molar-refractivity contribution in [1.82, 2.24) is 0 Å². The largest absolute Gasteiger partial charge is 0.482 e. The van der Waals surface area contributed by atoms with Gasteiger partial charge < -0.3 is 81.0 Å². The minimum absolute atomic E-state index is 0.121. The molecule has 5 aromatic carbocycles. The Morgan fingerprint density at radius 2 is 0.557 bits per heavy atom. The van der Waals surface area contributed by atoms with Gasteiger partial charge in [0.05, 0.1) is 69.3 Å². The molecule has 0 aliphatic heterocycles. The summed E-state index contributed by atoms with van der Waals surface area (Å²) in [4.78, 5) is 148. The first-order valence-corrected chi connectivity index (χ1v) is 20.8. The molecule has 0 saturated heterocycles. The standard InChI is InChI=1S/C12H12O6.C10H8O7.2C9H6O6.C9H8O5/c13-10(14)4-7-1-8(5-11(15)16)3-9(2-7)6-12(17)18;11-8(12)4-17-7-2-5(9(13)14)1-6(3-7)10(15)16;10-7(11)4-1-5(8(12)13)3-6(2-4)9(14)15;10-7(11)4-2-1-3-5(8(12)13)6(4)9(14)15;10-8(11)5-14-7-3-1-6(2-4-7)9(12)13/h1-3H,4-6H2,(H,13,14)(H,15,16)(H,17,18);1-3H,4H2,(H,11,12)(H,13,14)(H,15,16);2*1-3H,(H,10,11)(H,12,13)(H,14,15);1-4H,5H2,(H,10,11)(H,12,13). The van der Waals surface area contributed by atoms with Crippen molar-refractivity contribution in [1.29, 1.82) is 0 Å². The molecule has 5 rings (SSSR count). The Morgan fingerprint density at radius 1 is 0.278 bits per heavy atom. The minimum Gasteiger partial charge on any atom is -0.482 e. The lowest BCUT2D eigenvalue weighted by Gasteiger charge is -2.06. The summed E-state index contributed by atoms with van der Waals surface area (Å²) < 4.78 is 9.53. The van der Waals surface area contributed by atoms with Gasteiger partial charge in [-0.3, -0.25) is 14.4 Å². The van der Waals surface area contributed by atoms with Gasteiger partial charge >= 0.3 is 83.6 Å². The maximum absolute atomic E-state index is 10.7. The molecule has 0 fully saturated rings. The molecule has 30 nitrogen and oxygen atoms in total. The number of aliphatic carboxylic acids is 5. The highest BCUT2D eigenvalue weighted by molar-refractivity contribution is 6.09. The van der Waals surface area contributed by atoms with E-state index in [1.807, 2.05) is 0 Å². The van der Waals surface area contributed by atoms with E-state index in [1.54, 1.807) is 0 Å². The summed E-state index contributed by atoms with van der Waals surface area (Å²) in [6.45, 7) is -1.12. The first kappa shape index (κ1) is 65.3. The Labute approximate surface area is 438 Å². The molecule has 5 aromatic rings. The van der Waals surface area contributed by atoms with E-state index in [-0.39, 0.29) is 58.4 Å². The van der Waals surface area contributed by atoms with Crippen LogP contribution in [0.5, 0.6) is 11.5 Å². The molecule has 0 radical (unpaired) electrons. The van der Waals surface area contributed by atoms with Crippen LogP contribution in [0.25, 0.3) is 0 Å². The molecule has 14 N–H and O–H groups in total. The highest BCUT2D eigenvalue weighted by Crippen LogP contribution is 2.19. The molecular formula is C49H40O30. The van der Waals surface area contributed by atoms with Crippen molar-refractivity contribution < 1.29 is 148 Å². The molecule has 30 heteroatoms. The Kier molecular flexibility index (Phi) is 25.7. The van der Waals surface area contributed by atoms with Gasteiger partial charge in [-0.15, -0.1) is 0 Å². The van der Waals surface area contributed by atoms with Crippen molar-refractivity contribution in [2.24, 2.45) is 0 Å². The predicted octanol–water partition coefficient (Wildman–Crippen LogP) is 3.52. The Bertz CT molecular complexity index is 2960. The van der Waals surface area contributed by atoms with E-state index in [0.29, 0.717) is 22.4 Å². The van der Waals surface area contributed by atoms with Gasteiger partial charge in [-0.25, -0.2) is 52.7 Å². The quantitative estimate of drug-likeness (QED) is 0.0500. The van der Waals surface area contributed by atoms with Crippen LogP contribution in [-0.2, 0) is 43.2 Å². The molecule has 0 aliphatic carbocycles. The van der Waals surface area contributed by atoms with Crippen LogP contribution in [0.2, 0.25) is 0 Å². The number of hydrogen-bond donors (Lipinski definition) is 14. The fraction of sp³-hybridized carbons (Fsp3) is 0.102. The Hall–Kier alpha value is -11.7. The predicted molar refractivity (Wildman–Crippen MR) is 255 cm³/mol. The Balaban J connectivity index is 0.000000495. The molecule has 0 atom stereocenters. The number of aromatic carboxylic acids is 9. The fourth-order valence-corrected chi connectivity index (χ4v) is 5.72. The molecule has 0 spiro atoms. The normalized spacial score (nSPS) is 9.67. The van der Waals surface area contributed by atoms with Crippen LogP contribution in [0, 0.1) is 0 Å². The molecule has 0 saturated carbocycles. The highest BCUT2D eigenvalue weighted by atomic mass is 16.5. The van der Waals surface area contributed by atoms with Crippen LogP contribution in [0.15, 0.2) is 97.1 Å². The fourth-order valence-electron chi connectivity index (χ4n) is 5.72. The monoisotopic (exact) mass is 1110 g/mol. The van der Waals surface area contributed by atoms with Gasteiger partial charge in [-0.05, 0) is 89.5 Å². The van der Waals surface area contributed by atoms with Crippen molar-refractivity contribution in [3.05, 3.63) is 164 Å². The van der Waals surface area contributed by atoms with Gasteiger partial charge in [-0.1, -0.05) is 24.3 Å². The molecule has 0 aromatic heterocycles. The third-order valence-corrected chi connectivity index (χ3v) is 8.82. The molecule has 0 unspecified atom stereocenters. The summed E-state index contributed by atoms with van der Waals surface area (Å²) in [5.41, 5.74) is -2.13. The van der Waals surface area contributed by atoms with Crippen LogP contribution in [0.3, 0.4) is 0 Å². The van der Waals surface area contributed by atoms with Crippen LogP contribution in [0.4, 0.5) is 0 Å². The highest BCUT2D eigenvalue weighted by Gasteiger charge is 2.23. The summed E-state index contributed by atoms with van der Waals surface area (Å²) in [5, 5.41) is 121. The average Bonchev–Trinajstić information content (AvgIpc) is 3.34. The van der Waals surface area contributed by atoms with Gasteiger partial charge in [0, 0.05) is 0 Å². The average molecular weight is 1110 g/mol. The molecule has 416 valence electrons. The molecule has 0 heterocycles. The number of benzene rings is 5. The van der Waals surface area contributed by atoms with Crippen LogP contribution >= 0.6 is 0 Å². The topological polar surface area (TPSA) is 541 Å². The third kappa shape index (κ3) is 24.2. The van der Waals surface area contributed by atoms with Crippen molar-refractivity contribution >= 4 is 83.6 Å². The summed E-state index contributed by atoms with van der Waals surface area (Å²) in [6, 6.07) is 18.9. The van der Waals surface area contributed by atoms with Gasteiger partial charge in [0.25, 0.3) is 0 Å². The second-order valence-electron chi connectivity index (χ2n) is 14.8. The molecule has 0 aliphatic rings. The number of ether oxygens (including phenoxy) is 2. The SMILES string of the molecule is O=C(O)COc1cc(C(=O)O)cc(C(=O)O)c1.O=C(O)COc1ccc(C(=O)O)cc1.O=C(O)Cc1cc(CC(=O)O)cc(CC(=O)O)c1.O=C(O)c1cc(C(=O)O)cc(C(=O)O)c1.O=C(O)c1cccc(C(=O)O)c1C(=O)O. The number of carbonyl (C=O) groups is 14. The Morgan fingerprint density at radius 3 is 0.797 bits per heavy atom. The third-order valence-electron chi connectivity index (χ3n) is 8.82. The number of rotatable bonds is 21. The molecule has 79 heavy (non-hydrogen) atoms. The smallest absolute Gasteiger partial charge is 0.341 e. The van der Waals surface area contributed by atoms with Crippen molar-refractivity contribution in [3.63, 3.8) is 0 Å². The first-order chi connectivity index (χ1) is 36.7. The lowest BCUT2D eigenvalue weighted by molar-refractivity contribution is -0.140. The summed E-state index contributed by atoms with van der Waals surface area (Å²) in [5.74, 6) is -17.6. The van der Waals surface area contributed by atoms with E-state index in [4.69, 9.17) is 81.0 Å². The van der Waals surface area contributed by atoms with E-state index in [1.165, 1.54) is 48.5 Å². The van der Waals surface area contributed by atoms with E-state index >= 15 is 0 Å². The van der Waals surface area contributed by atoms with Crippen molar-refractivity contribution in [2.75, 3.05) is 13.2 Å². The first-order valence-electron chi connectivity index (χ1n) is 20.8. The maximum Gasteiger partial charge on any atom is 0.341 e. The van der Waals surface area contributed by atoms with E-state index in [2.05, 4.69) is 0 Å². The maximum atomic E-state index is 10.7. The summed E-state index contributed by atoms with van der Waals surface area (Å²) in [7, 11) is 0. The van der Waals surface area contributed by atoms with E-state index in [9.17, 15) is 67.1 Å². The lowest BCUT2D eigenvalue weighted by atomic mass is 10.00. The van der Waals surface area contributed by atoms with Crippen LogP contribution in [-0.4, -0.2) is 168 Å². The van der Waals surface area contributed by atoms with Crippen molar-refractivity contribution in [2.45, 2.75) is 19.3 Å². The molecule has 0 bridgehead atoms. The zero-order valence-electron chi connectivity index (χ0n) is 39.6. The second kappa shape index (κ2) is 31.1. The second-order valence-corrected chi connectivity index (χ2v) is 14.8. The van der Waals surface area contributed by atoms with E-state index in [0.717, 1.165) is 48.5 Å². The van der Waals surface area contributed by atoms with E-state index < -0.39 is 113 Å². The number of carboxylic acids is 14. The van der Waals surface area contributed by atoms with Crippen molar-refractivity contribution in [3.8, 4) is 11.5 Å². The van der Waals surface area contributed by atoms with Gasteiger partial charge in [0.15, 0.2) is 13.2 Å². The van der Waals surface area contributed by atoms with Gasteiger partial charge in [0.2, 0.25) is 0 Å². The zero-order valence-corrected chi connectivity index (χ0v) is 39.6.